The molecular weight excluding hydrogens is 362 g/mol. The number of thioether (sulfide) groups is 1. The summed E-state index contributed by atoms with van der Waals surface area (Å²) in [6, 6.07) is 18.0. The standard InChI is InChI=1S/C20H17N3OS2/c1-14-7-9-15(10-8-14)13-17-18(24)23(16-5-3-2-4-6-16)20(26-17)22-19-21-11-12-25-19/h2-12,17H,13H2,1H3/b22-20-. The number of para-hydroxylation sites is 1. The Kier molecular flexibility index (Phi) is 4.86. The number of carbonyl (C=O) groups excluding carboxylic acids is 1. The summed E-state index contributed by atoms with van der Waals surface area (Å²) in [4.78, 5) is 23.7. The number of aromatic nitrogens is 1. The van der Waals surface area contributed by atoms with Crippen LogP contribution in [-0.4, -0.2) is 21.3 Å². The number of amides is 1. The van der Waals surface area contributed by atoms with Gasteiger partial charge < -0.3 is 0 Å². The van der Waals surface area contributed by atoms with Crippen LogP contribution in [0.15, 0.2) is 71.2 Å². The Hall–Kier alpha value is -2.44. The third kappa shape index (κ3) is 3.57. The fourth-order valence-electron chi connectivity index (χ4n) is 2.78. The van der Waals surface area contributed by atoms with Crippen LogP contribution in [0.4, 0.5) is 10.8 Å². The van der Waals surface area contributed by atoms with E-state index in [2.05, 4.69) is 41.2 Å². The normalized spacial score (nSPS) is 18.7. The zero-order valence-electron chi connectivity index (χ0n) is 14.2. The van der Waals surface area contributed by atoms with Crippen molar-refractivity contribution in [2.45, 2.75) is 18.6 Å². The van der Waals surface area contributed by atoms with E-state index >= 15 is 0 Å². The van der Waals surface area contributed by atoms with Crippen LogP contribution in [-0.2, 0) is 11.2 Å². The number of carbonyl (C=O) groups is 1. The highest BCUT2D eigenvalue weighted by molar-refractivity contribution is 8.16. The van der Waals surface area contributed by atoms with Gasteiger partial charge in [-0.3, -0.25) is 9.69 Å². The second-order valence-electron chi connectivity index (χ2n) is 6.01. The van der Waals surface area contributed by atoms with E-state index in [4.69, 9.17) is 0 Å². The number of rotatable bonds is 4. The summed E-state index contributed by atoms with van der Waals surface area (Å²) in [6.07, 6.45) is 2.41. The van der Waals surface area contributed by atoms with Crippen LogP contribution in [0.25, 0.3) is 0 Å². The molecule has 2 aromatic carbocycles. The third-order valence-electron chi connectivity index (χ3n) is 4.10. The van der Waals surface area contributed by atoms with Crippen LogP contribution >= 0.6 is 23.1 Å². The number of thiazole rings is 1. The smallest absolute Gasteiger partial charge is 0.247 e. The van der Waals surface area contributed by atoms with E-state index in [0.717, 1.165) is 11.3 Å². The Balaban J connectivity index is 1.66. The van der Waals surface area contributed by atoms with Gasteiger partial charge in [-0.05, 0) is 31.0 Å². The summed E-state index contributed by atoms with van der Waals surface area (Å²) in [6.45, 7) is 2.06. The molecule has 0 N–H and O–H groups in total. The van der Waals surface area contributed by atoms with Crippen molar-refractivity contribution in [3.8, 4) is 0 Å². The molecule has 0 radical (unpaired) electrons. The zero-order valence-corrected chi connectivity index (χ0v) is 15.8. The molecule has 4 rings (SSSR count). The fourth-order valence-corrected chi connectivity index (χ4v) is 4.52. The highest BCUT2D eigenvalue weighted by atomic mass is 32.2. The lowest BCUT2D eigenvalue weighted by Crippen LogP contribution is -2.32. The Labute approximate surface area is 160 Å². The summed E-state index contributed by atoms with van der Waals surface area (Å²) in [5.74, 6) is 0.0667. The maximum Gasteiger partial charge on any atom is 0.247 e. The van der Waals surface area contributed by atoms with Crippen molar-refractivity contribution in [3.63, 3.8) is 0 Å². The van der Waals surface area contributed by atoms with Crippen molar-refractivity contribution in [2.24, 2.45) is 4.99 Å². The first-order valence-electron chi connectivity index (χ1n) is 8.30. The summed E-state index contributed by atoms with van der Waals surface area (Å²) in [7, 11) is 0. The predicted octanol–water partition coefficient (Wildman–Crippen LogP) is 4.83. The molecule has 1 aliphatic heterocycles. The highest BCUT2D eigenvalue weighted by Crippen LogP contribution is 2.35. The topological polar surface area (TPSA) is 45.6 Å². The number of hydrogen-bond acceptors (Lipinski definition) is 5. The number of nitrogens with zero attached hydrogens (tertiary/aromatic N) is 3. The van der Waals surface area contributed by atoms with Crippen LogP contribution in [0, 0.1) is 6.92 Å². The number of hydrogen-bond donors (Lipinski definition) is 0. The van der Waals surface area contributed by atoms with Crippen molar-refractivity contribution in [1.29, 1.82) is 0 Å². The number of benzene rings is 2. The van der Waals surface area contributed by atoms with E-state index in [1.807, 2.05) is 35.7 Å². The van der Waals surface area contributed by atoms with Gasteiger partial charge in [-0.25, -0.2) is 4.98 Å². The van der Waals surface area contributed by atoms with Crippen molar-refractivity contribution < 1.29 is 4.79 Å². The molecule has 1 atom stereocenters. The van der Waals surface area contributed by atoms with Gasteiger partial charge in [-0.15, -0.1) is 11.3 Å². The molecule has 4 nitrogen and oxygen atoms in total. The molecule has 1 unspecified atom stereocenters. The second-order valence-corrected chi connectivity index (χ2v) is 8.06. The van der Waals surface area contributed by atoms with Gasteiger partial charge in [0.05, 0.1) is 10.9 Å². The summed E-state index contributed by atoms with van der Waals surface area (Å²) >= 11 is 2.98. The molecule has 0 saturated carbocycles. The van der Waals surface area contributed by atoms with E-state index in [0.29, 0.717) is 16.7 Å². The van der Waals surface area contributed by atoms with Gasteiger partial charge in [0.15, 0.2) is 5.17 Å². The average Bonchev–Trinajstić information content (AvgIpc) is 3.27. The summed E-state index contributed by atoms with van der Waals surface area (Å²) < 4.78 is 0. The molecular formula is C20H17N3OS2. The minimum absolute atomic E-state index is 0.0667. The van der Waals surface area contributed by atoms with Crippen molar-refractivity contribution in [1.82, 2.24) is 4.98 Å². The monoisotopic (exact) mass is 379 g/mol. The molecule has 6 heteroatoms. The van der Waals surface area contributed by atoms with Gasteiger partial charge in [0.2, 0.25) is 11.0 Å². The maximum atomic E-state index is 13.1. The SMILES string of the molecule is Cc1ccc(CC2S/C(=N\c3nccs3)N(c3ccccc3)C2=O)cc1. The average molecular weight is 380 g/mol. The Morgan fingerprint density at radius 3 is 2.58 bits per heavy atom. The van der Waals surface area contributed by atoms with Gasteiger partial charge in [-0.2, -0.15) is 4.99 Å². The molecule has 1 aliphatic rings. The van der Waals surface area contributed by atoms with Crippen LogP contribution < -0.4 is 4.90 Å². The maximum absolute atomic E-state index is 13.1. The number of anilines is 1. The largest absolute Gasteiger partial charge is 0.273 e. The number of aryl methyl sites for hydroxylation is 1. The van der Waals surface area contributed by atoms with Gasteiger partial charge in [0, 0.05) is 11.6 Å². The molecule has 130 valence electrons. The quantitative estimate of drug-likeness (QED) is 0.652. The van der Waals surface area contributed by atoms with Crippen LogP contribution in [0.1, 0.15) is 11.1 Å². The van der Waals surface area contributed by atoms with Gasteiger partial charge in [-0.1, -0.05) is 59.8 Å². The van der Waals surface area contributed by atoms with E-state index in [1.54, 1.807) is 11.1 Å². The van der Waals surface area contributed by atoms with Gasteiger partial charge >= 0.3 is 0 Å². The van der Waals surface area contributed by atoms with Crippen molar-refractivity contribution >= 4 is 45.0 Å². The molecule has 1 fully saturated rings. The van der Waals surface area contributed by atoms with Crippen LogP contribution in [0.5, 0.6) is 0 Å². The molecule has 26 heavy (non-hydrogen) atoms. The molecule has 1 saturated heterocycles. The minimum atomic E-state index is -0.184. The van der Waals surface area contributed by atoms with Crippen molar-refractivity contribution in [3.05, 3.63) is 77.3 Å². The Bertz CT molecular complexity index is 921. The number of aliphatic imine (C=N–C) groups is 1. The second kappa shape index (κ2) is 7.43. The molecule has 0 spiro atoms. The highest BCUT2D eigenvalue weighted by Gasteiger charge is 2.39. The van der Waals surface area contributed by atoms with E-state index in [1.165, 1.54) is 28.7 Å². The first-order chi connectivity index (χ1) is 12.7. The van der Waals surface area contributed by atoms with Crippen LogP contribution in [0.3, 0.4) is 0 Å². The molecule has 1 amide bonds. The first kappa shape index (κ1) is 17.0. The lowest BCUT2D eigenvalue weighted by atomic mass is 10.1. The van der Waals surface area contributed by atoms with Crippen molar-refractivity contribution in [2.75, 3.05) is 4.90 Å². The molecule has 1 aromatic heterocycles. The lowest BCUT2D eigenvalue weighted by Gasteiger charge is -2.16. The molecule has 0 aliphatic carbocycles. The number of amidine groups is 1. The summed E-state index contributed by atoms with van der Waals surface area (Å²) in [5, 5.41) is 3.05. The Morgan fingerprint density at radius 2 is 1.88 bits per heavy atom. The molecule has 2 heterocycles. The van der Waals surface area contributed by atoms with Crippen LogP contribution in [0.2, 0.25) is 0 Å². The third-order valence-corrected chi connectivity index (χ3v) is 5.90. The van der Waals surface area contributed by atoms with E-state index < -0.39 is 0 Å². The zero-order chi connectivity index (χ0) is 17.9. The van der Waals surface area contributed by atoms with E-state index in [-0.39, 0.29) is 11.2 Å². The molecule has 3 aromatic rings. The van der Waals surface area contributed by atoms with E-state index in [9.17, 15) is 4.79 Å². The predicted molar refractivity (Wildman–Crippen MR) is 109 cm³/mol. The van der Waals surface area contributed by atoms with Gasteiger partial charge in [0.25, 0.3) is 0 Å². The first-order valence-corrected chi connectivity index (χ1v) is 10.1. The van der Waals surface area contributed by atoms with Gasteiger partial charge in [0.1, 0.15) is 0 Å². The summed E-state index contributed by atoms with van der Waals surface area (Å²) in [5.41, 5.74) is 3.22. The minimum Gasteiger partial charge on any atom is -0.273 e. The fraction of sp³-hybridized carbons (Fsp3) is 0.150. The molecule has 0 bridgehead atoms. The lowest BCUT2D eigenvalue weighted by molar-refractivity contribution is -0.116. The Morgan fingerprint density at radius 1 is 1.12 bits per heavy atom.